The zero-order chi connectivity index (χ0) is 18.4. The molecule has 0 N–H and O–H groups in total. The molecule has 3 aromatic rings. The standard InChI is InChI=1S/C19H19FN2O2S2/c1-24-10-9-22-16-8-7-15(20)11-17(16)26-19(22)21-18(23)13-25-12-14-5-3-2-4-6-14/h2-8,11H,9-10,12-13H2,1H3. The van der Waals surface area contributed by atoms with Crippen LogP contribution in [0.5, 0.6) is 0 Å². The molecule has 4 nitrogen and oxygen atoms in total. The number of ether oxygens (including phenoxy) is 1. The second-order valence-corrected chi connectivity index (χ2v) is 7.62. The quantitative estimate of drug-likeness (QED) is 0.615. The van der Waals surface area contributed by atoms with Crippen LogP contribution in [0, 0.1) is 5.82 Å². The van der Waals surface area contributed by atoms with Gasteiger partial charge in [-0.2, -0.15) is 4.99 Å². The Balaban J connectivity index is 1.77. The minimum atomic E-state index is -0.297. The molecular formula is C19H19FN2O2S2. The number of hydrogen-bond acceptors (Lipinski definition) is 4. The predicted molar refractivity (Wildman–Crippen MR) is 105 cm³/mol. The van der Waals surface area contributed by atoms with E-state index in [1.807, 2.05) is 34.9 Å². The van der Waals surface area contributed by atoms with Crippen molar-refractivity contribution in [2.75, 3.05) is 19.5 Å². The van der Waals surface area contributed by atoms with Gasteiger partial charge in [-0.25, -0.2) is 4.39 Å². The summed E-state index contributed by atoms with van der Waals surface area (Å²) in [4.78, 5) is 17.1. The van der Waals surface area contributed by atoms with Gasteiger partial charge in [-0.3, -0.25) is 4.79 Å². The number of thioether (sulfide) groups is 1. The highest BCUT2D eigenvalue weighted by Crippen LogP contribution is 2.19. The minimum Gasteiger partial charge on any atom is -0.383 e. The van der Waals surface area contributed by atoms with Crippen LogP contribution in [-0.2, 0) is 21.8 Å². The number of methoxy groups -OCH3 is 1. The number of carbonyl (C=O) groups excluding carboxylic acids is 1. The number of amides is 1. The molecule has 0 radical (unpaired) electrons. The lowest BCUT2D eigenvalue weighted by molar-refractivity contribution is -0.115. The molecule has 1 aromatic heterocycles. The van der Waals surface area contributed by atoms with E-state index < -0.39 is 0 Å². The van der Waals surface area contributed by atoms with Crippen molar-refractivity contribution in [3.63, 3.8) is 0 Å². The summed E-state index contributed by atoms with van der Waals surface area (Å²) in [5.41, 5.74) is 2.04. The van der Waals surface area contributed by atoms with E-state index in [9.17, 15) is 9.18 Å². The Morgan fingerprint density at radius 1 is 1.27 bits per heavy atom. The van der Waals surface area contributed by atoms with Gasteiger partial charge in [0.1, 0.15) is 5.82 Å². The van der Waals surface area contributed by atoms with E-state index in [0.29, 0.717) is 23.7 Å². The maximum atomic E-state index is 13.5. The molecule has 1 amide bonds. The molecule has 2 aromatic carbocycles. The summed E-state index contributed by atoms with van der Waals surface area (Å²) in [6.45, 7) is 1.05. The van der Waals surface area contributed by atoms with Crippen LogP contribution in [0.3, 0.4) is 0 Å². The zero-order valence-electron chi connectivity index (χ0n) is 14.4. The molecule has 0 bridgehead atoms. The molecule has 0 aliphatic heterocycles. The second-order valence-electron chi connectivity index (χ2n) is 5.63. The summed E-state index contributed by atoms with van der Waals surface area (Å²) in [7, 11) is 1.62. The largest absolute Gasteiger partial charge is 0.383 e. The normalized spacial score (nSPS) is 12.0. The van der Waals surface area contributed by atoms with Crippen molar-refractivity contribution in [2.45, 2.75) is 12.3 Å². The van der Waals surface area contributed by atoms with Crippen LogP contribution >= 0.6 is 23.1 Å². The van der Waals surface area contributed by atoms with E-state index >= 15 is 0 Å². The lowest BCUT2D eigenvalue weighted by Crippen LogP contribution is -2.19. The van der Waals surface area contributed by atoms with Crippen LogP contribution < -0.4 is 4.80 Å². The highest BCUT2D eigenvalue weighted by Gasteiger charge is 2.09. The van der Waals surface area contributed by atoms with Crippen molar-refractivity contribution in [2.24, 2.45) is 4.99 Å². The SMILES string of the molecule is COCCn1c(=NC(=O)CSCc2ccccc2)sc2cc(F)ccc21. The predicted octanol–water partition coefficient (Wildman–Crippen LogP) is 3.85. The molecule has 3 rings (SSSR count). The van der Waals surface area contributed by atoms with E-state index in [4.69, 9.17) is 4.74 Å². The van der Waals surface area contributed by atoms with Crippen molar-refractivity contribution in [1.29, 1.82) is 0 Å². The van der Waals surface area contributed by atoms with Crippen molar-refractivity contribution >= 4 is 39.2 Å². The summed E-state index contributed by atoms with van der Waals surface area (Å²) in [5.74, 6) is 0.587. The summed E-state index contributed by atoms with van der Waals surface area (Å²) in [5, 5.41) is 0. The highest BCUT2D eigenvalue weighted by molar-refractivity contribution is 7.99. The number of benzene rings is 2. The first-order valence-corrected chi connectivity index (χ1v) is 10.1. The Hall–Kier alpha value is -1.96. The van der Waals surface area contributed by atoms with Crippen molar-refractivity contribution in [3.8, 4) is 0 Å². The number of thiazole rings is 1. The Bertz CT molecular complexity index is 951. The average Bonchev–Trinajstić information content (AvgIpc) is 2.96. The molecule has 136 valence electrons. The Labute approximate surface area is 159 Å². The molecular weight excluding hydrogens is 371 g/mol. The topological polar surface area (TPSA) is 43.6 Å². The first-order valence-electron chi connectivity index (χ1n) is 8.14. The summed E-state index contributed by atoms with van der Waals surface area (Å²) in [6.07, 6.45) is 0. The molecule has 0 unspecified atom stereocenters. The zero-order valence-corrected chi connectivity index (χ0v) is 16.0. The number of halogens is 1. The van der Waals surface area contributed by atoms with Crippen LogP contribution in [0.1, 0.15) is 5.56 Å². The lowest BCUT2D eigenvalue weighted by atomic mass is 10.2. The molecule has 0 aliphatic rings. The van der Waals surface area contributed by atoms with Crippen LogP contribution in [0.2, 0.25) is 0 Å². The van der Waals surface area contributed by atoms with Gasteiger partial charge in [-0.1, -0.05) is 41.7 Å². The van der Waals surface area contributed by atoms with Gasteiger partial charge < -0.3 is 9.30 Å². The van der Waals surface area contributed by atoms with Gasteiger partial charge >= 0.3 is 0 Å². The average molecular weight is 391 g/mol. The fraction of sp³-hybridized carbons (Fsp3) is 0.263. The molecule has 0 atom stereocenters. The van der Waals surface area contributed by atoms with Gasteiger partial charge in [-0.15, -0.1) is 11.8 Å². The molecule has 0 aliphatic carbocycles. The molecule has 0 fully saturated rings. The Kier molecular flexibility index (Phi) is 6.60. The maximum absolute atomic E-state index is 13.5. The highest BCUT2D eigenvalue weighted by atomic mass is 32.2. The van der Waals surface area contributed by atoms with Gasteiger partial charge in [0.25, 0.3) is 5.91 Å². The van der Waals surface area contributed by atoms with Gasteiger partial charge in [-0.05, 0) is 23.8 Å². The van der Waals surface area contributed by atoms with Crippen LogP contribution in [0.25, 0.3) is 10.2 Å². The van der Waals surface area contributed by atoms with Gasteiger partial charge in [0, 0.05) is 19.4 Å². The van der Waals surface area contributed by atoms with E-state index in [1.165, 1.54) is 40.8 Å². The van der Waals surface area contributed by atoms with Crippen LogP contribution in [0.4, 0.5) is 4.39 Å². The summed E-state index contributed by atoms with van der Waals surface area (Å²) in [6, 6.07) is 14.6. The van der Waals surface area contributed by atoms with Gasteiger partial charge in [0.2, 0.25) is 0 Å². The Morgan fingerprint density at radius 3 is 2.85 bits per heavy atom. The number of hydrogen-bond donors (Lipinski definition) is 0. The first-order chi connectivity index (χ1) is 12.7. The van der Waals surface area contributed by atoms with Crippen molar-refractivity contribution < 1.29 is 13.9 Å². The number of carbonyl (C=O) groups is 1. The summed E-state index contributed by atoms with van der Waals surface area (Å²) >= 11 is 2.85. The van der Waals surface area contributed by atoms with Crippen molar-refractivity contribution in [1.82, 2.24) is 4.57 Å². The van der Waals surface area contributed by atoms with Crippen molar-refractivity contribution in [3.05, 3.63) is 64.7 Å². The third-order valence-corrected chi connectivity index (χ3v) is 5.75. The molecule has 1 heterocycles. The third kappa shape index (κ3) is 4.81. The fourth-order valence-corrected chi connectivity index (χ4v) is 4.37. The van der Waals surface area contributed by atoms with Gasteiger partial charge in [0.15, 0.2) is 4.80 Å². The molecule has 0 spiro atoms. The van der Waals surface area contributed by atoms with Crippen LogP contribution in [0.15, 0.2) is 53.5 Å². The first kappa shape index (κ1) is 18.8. The number of fused-ring (bicyclic) bond motifs is 1. The van der Waals surface area contributed by atoms with E-state index in [1.54, 1.807) is 13.2 Å². The fourth-order valence-electron chi connectivity index (χ4n) is 2.50. The minimum absolute atomic E-state index is 0.191. The lowest BCUT2D eigenvalue weighted by Gasteiger charge is -2.04. The number of aromatic nitrogens is 1. The van der Waals surface area contributed by atoms with E-state index in [2.05, 4.69) is 4.99 Å². The molecule has 0 saturated heterocycles. The smallest absolute Gasteiger partial charge is 0.258 e. The number of nitrogens with zero attached hydrogens (tertiary/aromatic N) is 2. The Morgan fingerprint density at radius 2 is 2.08 bits per heavy atom. The second kappa shape index (κ2) is 9.12. The third-order valence-electron chi connectivity index (χ3n) is 3.72. The molecule has 0 saturated carbocycles. The number of rotatable bonds is 7. The monoisotopic (exact) mass is 390 g/mol. The molecule has 7 heteroatoms. The van der Waals surface area contributed by atoms with E-state index in [0.717, 1.165) is 16.0 Å². The summed E-state index contributed by atoms with van der Waals surface area (Å²) < 4.78 is 21.3. The van der Waals surface area contributed by atoms with E-state index in [-0.39, 0.29) is 11.7 Å². The maximum Gasteiger partial charge on any atom is 0.258 e. The van der Waals surface area contributed by atoms with Gasteiger partial charge in [0.05, 0.1) is 22.6 Å². The molecule has 26 heavy (non-hydrogen) atoms. The van der Waals surface area contributed by atoms with Crippen LogP contribution in [-0.4, -0.2) is 29.9 Å².